The molecule has 3 nitrogen and oxygen atoms in total. The Kier molecular flexibility index (Phi) is 4.52. The van der Waals surface area contributed by atoms with E-state index in [1.165, 1.54) is 12.1 Å². The van der Waals surface area contributed by atoms with Crippen LogP contribution in [-0.2, 0) is 4.57 Å². The van der Waals surface area contributed by atoms with Gasteiger partial charge in [0.2, 0.25) is 0 Å². The molecule has 0 bridgehead atoms. The fourth-order valence-electron chi connectivity index (χ4n) is 0.622. The molecule has 0 aromatic heterocycles. The molecule has 1 aromatic rings. The number of hydrogen-bond acceptors (Lipinski definition) is 1. The third-order valence-corrected chi connectivity index (χ3v) is 2.06. The molecular weight excluding hydrogens is 175 g/mol. The maximum absolute atomic E-state index is 10.5. The summed E-state index contributed by atoms with van der Waals surface area (Å²) in [7, 11) is -4.02. The van der Waals surface area contributed by atoms with Gasteiger partial charge in [-0.15, -0.1) is 13.2 Å². The van der Waals surface area contributed by atoms with Gasteiger partial charge >= 0.3 is 7.60 Å². The van der Waals surface area contributed by atoms with Gasteiger partial charge in [0.1, 0.15) is 0 Å². The molecule has 1 aromatic carbocycles. The van der Waals surface area contributed by atoms with Gasteiger partial charge in [-0.25, -0.2) is 0 Å². The van der Waals surface area contributed by atoms with E-state index < -0.39 is 7.60 Å². The minimum absolute atomic E-state index is 0.0648. The summed E-state index contributed by atoms with van der Waals surface area (Å²) in [5.41, 5.74) is 0. The van der Waals surface area contributed by atoms with Crippen LogP contribution in [0.1, 0.15) is 0 Å². The van der Waals surface area contributed by atoms with Crippen LogP contribution in [0.4, 0.5) is 0 Å². The van der Waals surface area contributed by atoms with Crippen LogP contribution >= 0.6 is 7.60 Å². The van der Waals surface area contributed by atoms with Crippen molar-refractivity contribution < 1.29 is 14.4 Å². The van der Waals surface area contributed by atoms with Gasteiger partial charge in [0.25, 0.3) is 0 Å². The molecule has 12 heavy (non-hydrogen) atoms. The lowest BCUT2D eigenvalue weighted by Gasteiger charge is -2.00. The standard InChI is InChI=1S/C6H7O3P.C2H4/c7-10(8,9)6-4-2-1-3-5-6;1-2/h1-5H,(H2,7,8,9);1-2H2. The fraction of sp³-hybridized carbons (Fsp3) is 0. The summed E-state index contributed by atoms with van der Waals surface area (Å²) in [6.07, 6.45) is 0. The number of benzene rings is 1. The predicted molar refractivity (Wildman–Crippen MR) is 49.4 cm³/mol. The molecule has 0 amide bonds. The Balaban J connectivity index is 0.000000561. The Bertz CT molecular complexity index is 265. The van der Waals surface area contributed by atoms with Crippen LogP contribution in [0, 0.1) is 0 Å². The second kappa shape index (κ2) is 4.88. The van der Waals surface area contributed by atoms with Crippen molar-refractivity contribution in [3.63, 3.8) is 0 Å². The molecule has 0 aliphatic carbocycles. The third kappa shape index (κ3) is 3.49. The van der Waals surface area contributed by atoms with Gasteiger partial charge in [-0.05, 0) is 12.1 Å². The van der Waals surface area contributed by atoms with E-state index >= 15 is 0 Å². The molecule has 0 spiro atoms. The smallest absolute Gasteiger partial charge is 0.321 e. The van der Waals surface area contributed by atoms with Crippen molar-refractivity contribution in [1.29, 1.82) is 0 Å². The summed E-state index contributed by atoms with van der Waals surface area (Å²) in [5.74, 6) is 0. The lowest BCUT2D eigenvalue weighted by atomic mass is 10.4. The van der Waals surface area contributed by atoms with Gasteiger partial charge in [-0.1, -0.05) is 18.2 Å². The normalized spacial score (nSPS) is 9.83. The lowest BCUT2D eigenvalue weighted by molar-refractivity contribution is 0.387. The van der Waals surface area contributed by atoms with Gasteiger partial charge in [0.05, 0.1) is 5.30 Å². The highest BCUT2D eigenvalue weighted by molar-refractivity contribution is 7.60. The average molecular weight is 186 g/mol. The molecule has 66 valence electrons. The molecule has 0 atom stereocenters. The van der Waals surface area contributed by atoms with Gasteiger partial charge in [-0.3, -0.25) is 4.57 Å². The van der Waals surface area contributed by atoms with Crippen molar-refractivity contribution in [3.8, 4) is 0 Å². The molecular formula is C8H11O3P. The Hall–Kier alpha value is -0.890. The van der Waals surface area contributed by atoms with E-state index in [1.807, 2.05) is 0 Å². The van der Waals surface area contributed by atoms with E-state index in [0.29, 0.717) is 0 Å². The summed E-state index contributed by atoms with van der Waals surface area (Å²) in [6, 6.07) is 7.70. The van der Waals surface area contributed by atoms with E-state index in [4.69, 9.17) is 9.79 Å². The molecule has 0 aliphatic heterocycles. The van der Waals surface area contributed by atoms with Crippen molar-refractivity contribution >= 4 is 12.9 Å². The van der Waals surface area contributed by atoms with Crippen molar-refractivity contribution in [2.75, 3.05) is 0 Å². The van der Waals surface area contributed by atoms with Gasteiger partial charge in [0, 0.05) is 0 Å². The molecule has 0 fully saturated rings. The molecule has 2 N–H and O–H groups in total. The maximum atomic E-state index is 10.5. The maximum Gasteiger partial charge on any atom is 0.356 e. The zero-order valence-electron chi connectivity index (χ0n) is 6.55. The zero-order valence-corrected chi connectivity index (χ0v) is 7.45. The molecule has 0 unspecified atom stereocenters. The van der Waals surface area contributed by atoms with E-state index in [-0.39, 0.29) is 5.30 Å². The highest BCUT2D eigenvalue weighted by Gasteiger charge is 2.14. The first-order valence-corrected chi connectivity index (χ1v) is 4.83. The van der Waals surface area contributed by atoms with Crippen molar-refractivity contribution in [2.24, 2.45) is 0 Å². The van der Waals surface area contributed by atoms with Gasteiger partial charge in [0.15, 0.2) is 0 Å². The Labute approximate surface area is 71.5 Å². The number of hydrogen-bond donors (Lipinski definition) is 2. The minimum Gasteiger partial charge on any atom is -0.321 e. The summed E-state index contributed by atoms with van der Waals surface area (Å²) in [5, 5.41) is 0.0648. The third-order valence-electron chi connectivity index (χ3n) is 1.09. The van der Waals surface area contributed by atoms with E-state index in [1.54, 1.807) is 18.2 Å². The topological polar surface area (TPSA) is 57.5 Å². The molecule has 0 radical (unpaired) electrons. The van der Waals surface area contributed by atoms with Crippen LogP contribution in [-0.4, -0.2) is 9.79 Å². The zero-order chi connectivity index (χ0) is 9.61. The summed E-state index contributed by atoms with van der Waals surface area (Å²) in [6.45, 7) is 6.00. The van der Waals surface area contributed by atoms with Crippen LogP contribution in [0.3, 0.4) is 0 Å². The van der Waals surface area contributed by atoms with Crippen LogP contribution < -0.4 is 5.30 Å². The van der Waals surface area contributed by atoms with Gasteiger partial charge < -0.3 is 9.79 Å². The molecule has 0 aliphatic rings. The Morgan fingerprint density at radius 3 is 1.75 bits per heavy atom. The first kappa shape index (κ1) is 11.1. The van der Waals surface area contributed by atoms with Crippen molar-refractivity contribution in [3.05, 3.63) is 43.5 Å². The molecule has 0 heterocycles. The Morgan fingerprint density at radius 1 is 1.08 bits per heavy atom. The minimum atomic E-state index is -4.02. The molecule has 0 saturated heterocycles. The molecule has 0 saturated carbocycles. The highest BCUT2D eigenvalue weighted by Crippen LogP contribution is 2.32. The number of rotatable bonds is 1. The van der Waals surface area contributed by atoms with E-state index in [0.717, 1.165) is 0 Å². The first-order chi connectivity index (χ1) is 5.61. The van der Waals surface area contributed by atoms with Crippen LogP contribution in [0.25, 0.3) is 0 Å². The van der Waals surface area contributed by atoms with Crippen LogP contribution in [0.5, 0.6) is 0 Å². The summed E-state index contributed by atoms with van der Waals surface area (Å²) < 4.78 is 10.5. The van der Waals surface area contributed by atoms with Crippen LogP contribution in [0.2, 0.25) is 0 Å². The van der Waals surface area contributed by atoms with Crippen molar-refractivity contribution in [2.45, 2.75) is 0 Å². The second-order valence-electron chi connectivity index (χ2n) is 1.88. The monoisotopic (exact) mass is 186 g/mol. The average Bonchev–Trinajstić information content (AvgIpc) is 2.08. The fourth-order valence-corrected chi connectivity index (χ4v) is 1.18. The van der Waals surface area contributed by atoms with Gasteiger partial charge in [-0.2, -0.15) is 0 Å². The van der Waals surface area contributed by atoms with Crippen LogP contribution in [0.15, 0.2) is 43.5 Å². The molecule has 1 rings (SSSR count). The lowest BCUT2D eigenvalue weighted by Crippen LogP contribution is -2.01. The SMILES string of the molecule is C=C.O=P(O)(O)c1ccccc1. The van der Waals surface area contributed by atoms with Crippen molar-refractivity contribution in [1.82, 2.24) is 0 Å². The summed E-state index contributed by atoms with van der Waals surface area (Å²) in [4.78, 5) is 17.2. The predicted octanol–water partition coefficient (Wildman–Crippen LogP) is 1.29. The summed E-state index contributed by atoms with van der Waals surface area (Å²) >= 11 is 0. The highest BCUT2D eigenvalue weighted by atomic mass is 31.2. The Morgan fingerprint density at radius 2 is 1.50 bits per heavy atom. The molecule has 4 heteroatoms. The first-order valence-electron chi connectivity index (χ1n) is 3.22. The largest absolute Gasteiger partial charge is 0.356 e. The second-order valence-corrected chi connectivity index (χ2v) is 3.48. The quantitative estimate of drug-likeness (QED) is 0.513. The van der Waals surface area contributed by atoms with E-state index in [2.05, 4.69) is 13.2 Å². The van der Waals surface area contributed by atoms with E-state index in [9.17, 15) is 4.57 Å².